The van der Waals surface area contributed by atoms with Gasteiger partial charge in [-0.3, -0.25) is 13.7 Å². The number of H-pyrrole nitrogens is 1. The highest BCUT2D eigenvalue weighted by molar-refractivity contribution is 7.84. The van der Waals surface area contributed by atoms with E-state index in [0.717, 1.165) is 42.7 Å². The van der Waals surface area contributed by atoms with Crippen molar-refractivity contribution >= 4 is 21.7 Å². The van der Waals surface area contributed by atoms with Crippen molar-refractivity contribution in [1.82, 2.24) is 24.6 Å². The molecular formula is C24H27N5OS. The molecular weight excluding hydrogens is 406 g/mol. The lowest BCUT2D eigenvalue weighted by Gasteiger charge is -2.24. The van der Waals surface area contributed by atoms with E-state index in [4.69, 9.17) is 0 Å². The van der Waals surface area contributed by atoms with Crippen molar-refractivity contribution in [1.29, 1.82) is 0 Å². The minimum Gasteiger partial charge on any atom is -0.361 e. The van der Waals surface area contributed by atoms with Crippen molar-refractivity contribution in [2.24, 2.45) is 0 Å². The van der Waals surface area contributed by atoms with Crippen LogP contribution in [0.1, 0.15) is 24.5 Å². The van der Waals surface area contributed by atoms with Gasteiger partial charge in [0.05, 0.1) is 5.25 Å². The van der Waals surface area contributed by atoms with Crippen molar-refractivity contribution in [2.75, 3.05) is 13.1 Å². The molecule has 7 heteroatoms. The molecule has 1 aliphatic heterocycles. The van der Waals surface area contributed by atoms with Gasteiger partial charge in [0.1, 0.15) is 12.7 Å². The monoisotopic (exact) mass is 433 g/mol. The molecule has 0 aliphatic carbocycles. The van der Waals surface area contributed by atoms with Crippen LogP contribution < -0.4 is 0 Å². The normalized spacial score (nSPS) is 20.4. The van der Waals surface area contributed by atoms with Crippen LogP contribution in [0.3, 0.4) is 0 Å². The van der Waals surface area contributed by atoms with Crippen LogP contribution in [0.4, 0.5) is 0 Å². The molecule has 5 rings (SSSR count). The molecule has 160 valence electrons. The number of rotatable bonds is 7. The Hall–Kier alpha value is -2.77. The van der Waals surface area contributed by atoms with Crippen LogP contribution in [-0.2, 0) is 23.0 Å². The van der Waals surface area contributed by atoms with E-state index in [1.807, 2.05) is 22.8 Å². The summed E-state index contributed by atoms with van der Waals surface area (Å²) in [7, 11) is -0.842. The van der Waals surface area contributed by atoms with E-state index in [-0.39, 0.29) is 5.25 Å². The number of aromatic amines is 1. The van der Waals surface area contributed by atoms with Gasteiger partial charge in [0, 0.05) is 51.9 Å². The summed E-state index contributed by atoms with van der Waals surface area (Å²) in [5.41, 5.74) is 4.67. The predicted molar refractivity (Wildman–Crippen MR) is 125 cm³/mol. The highest BCUT2D eigenvalue weighted by Gasteiger charge is 2.34. The lowest BCUT2D eigenvalue weighted by molar-refractivity contribution is 0.274. The Morgan fingerprint density at radius 1 is 1.13 bits per heavy atom. The average Bonchev–Trinajstić information content (AvgIpc) is 3.53. The molecule has 0 radical (unpaired) electrons. The summed E-state index contributed by atoms with van der Waals surface area (Å²) in [5, 5.41) is 9.29. The van der Waals surface area contributed by atoms with Crippen LogP contribution in [0.5, 0.6) is 0 Å². The number of hydrogen-bond acceptors (Lipinski definition) is 4. The predicted octanol–water partition coefficient (Wildman–Crippen LogP) is 3.70. The number of benzene rings is 2. The second-order valence-corrected chi connectivity index (χ2v) is 9.93. The summed E-state index contributed by atoms with van der Waals surface area (Å²) in [5.74, 6) is 0.651. The molecule has 1 saturated heterocycles. The summed E-state index contributed by atoms with van der Waals surface area (Å²) >= 11 is 0. The fourth-order valence-corrected chi connectivity index (χ4v) is 6.33. The molecule has 1 fully saturated rings. The number of aromatic nitrogens is 4. The van der Waals surface area contributed by atoms with Crippen molar-refractivity contribution < 1.29 is 4.21 Å². The minimum atomic E-state index is -0.842. The van der Waals surface area contributed by atoms with Crippen LogP contribution in [0.2, 0.25) is 0 Å². The SMILES string of the molecule is CC1[C@H](S(=O)Cc2ccccc2)CCN1CCc1c[nH]c2ccc(-n3cnnc3)cc12. The molecule has 0 bridgehead atoms. The van der Waals surface area contributed by atoms with Crippen LogP contribution in [-0.4, -0.2) is 53.2 Å². The topological polar surface area (TPSA) is 66.8 Å². The van der Waals surface area contributed by atoms with E-state index >= 15 is 0 Å². The molecule has 0 spiro atoms. The zero-order valence-corrected chi connectivity index (χ0v) is 18.5. The van der Waals surface area contributed by atoms with Crippen molar-refractivity contribution in [3.8, 4) is 5.69 Å². The van der Waals surface area contributed by atoms with Gasteiger partial charge in [-0.1, -0.05) is 30.3 Å². The van der Waals surface area contributed by atoms with Gasteiger partial charge in [0.2, 0.25) is 0 Å². The van der Waals surface area contributed by atoms with Crippen molar-refractivity contribution in [3.63, 3.8) is 0 Å². The average molecular weight is 434 g/mol. The van der Waals surface area contributed by atoms with Gasteiger partial charge in [-0.25, -0.2) is 0 Å². The van der Waals surface area contributed by atoms with E-state index in [9.17, 15) is 4.21 Å². The molecule has 2 unspecified atom stereocenters. The standard InChI is InChI=1S/C24H27N5OS/c1-18-24(31(30)15-19-5-3-2-4-6-19)10-12-28(18)11-9-20-14-25-23-8-7-21(13-22(20)23)29-16-26-27-17-29/h2-8,13-14,16-18,24-25H,9-12,15H2,1H3/t18?,24-,31?/m1/s1. The van der Waals surface area contributed by atoms with Crippen molar-refractivity contribution in [3.05, 3.63) is 78.5 Å². The Morgan fingerprint density at radius 2 is 1.94 bits per heavy atom. The van der Waals surface area contributed by atoms with E-state index in [1.54, 1.807) is 12.7 Å². The third-order valence-corrected chi connectivity index (χ3v) is 8.36. The summed E-state index contributed by atoms with van der Waals surface area (Å²) in [6, 6.07) is 16.9. The van der Waals surface area contributed by atoms with Crippen LogP contribution >= 0.6 is 0 Å². The van der Waals surface area contributed by atoms with Gasteiger partial charge in [0.15, 0.2) is 0 Å². The zero-order chi connectivity index (χ0) is 21.2. The molecule has 4 aromatic rings. The van der Waals surface area contributed by atoms with E-state index < -0.39 is 10.8 Å². The number of nitrogens with one attached hydrogen (secondary N) is 1. The van der Waals surface area contributed by atoms with Gasteiger partial charge in [0.25, 0.3) is 0 Å². The quantitative estimate of drug-likeness (QED) is 0.483. The Kier molecular flexibility index (Phi) is 5.70. The zero-order valence-electron chi connectivity index (χ0n) is 17.6. The summed E-state index contributed by atoms with van der Waals surface area (Å²) in [6.45, 7) is 4.23. The maximum absolute atomic E-state index is 13.0. The third-order valence-electron chi connectivity index (χ3n) is 6.44. The summed E-state index contributed by atoms with van der Waals surface area (Å²) < 4.78 is 14.9. The summed E-state index contributed by atoms with van der Waals surface area (Å²) in [4.78, 5) is 5.89. The lowest BCUT2D eigenvalue weighted by atomic mass is 10.1. The van der Waals surface area contributed by atoms with Gasteiger partial charge < -0.3 is 4.98 Å². The van der Waals surface area contributed by atoms with E-state index in [0.29, 0.717) is 11.8 Å². The van der Waals surface area contributed by atoms with Crippen LogP contribution in [0.25, 0.3) is 16.6 Å². The van der Waals surface area contributed by atoms with Crippen molar-refractivity contribution in [2.45, 2.75) is 36.8 Å². The Morgan fingerprint density at radius 3 is 2.74 bits per heavy atom. The fourth-order valence-electron chi connectivity index (χ4n) is 4.62. The van der Waals surface area contributed by atoms with E-state index in [1.165, 1.54) is 10.9 Å². The maximum atomic E-state index is 13.0. The third kappa shape index (κ3) is 4.20. The maximum Gasteiger partial charge on any atom is 0.123 e. The molecule has 3 heterocycles. The molecule has 0 amide bonds. The number of fused-ring (bicyclic) bond motifs is 1. The fraction of sp³-hybridized carbons (Fsp3) is 0.333. The molecule has 1 aliphatic rings. The van der Waals surface area contributed by atoms with Gasteiger partial charge >= 0.3 is 0 Å². The summed E-state index contributed by atoms with van der Waals surface area (Å²) in [6.07, 6.45) is 7.52. The molecule has 2 aromatic carbocycles. The Balaban J connectivity index is 1.24. The highest BCUT2D eigenvalue weighted by atomic mass is 32.2. The smallest absolute Gasteiger partial charge is 0.123 e. The molecule has 3 atom stereocenters. The molecule has 6 nitrogen and oxygen atoms in total. The number of likely N-dealkylation sites (tertiary alicyclic amines) is 1. The molecule has 31 heavy (non-hydrogen) atoms. The second-order valence-electron chi connectivity index (χ2n) is 8.28. The highest BCUT2D eigenvalue weighted by Crippen LogP contribution is 2.26. The Labute approximate surface area is 184 Å². The number of nitrogens with zero attached hydrogens (tertiary/aromatic N) is 4. The largest absolute Gasteiger partial charge is 0.361 e. The minimum absolute atomic E-state index is 0.239. The first-order valence-corrected chi connectivity index (χ1v) is 12.2. The lowest BCUT2D eigenvalue weighted by Crippen LogP contribution is -2.36. The Bertz CT molecular complexity index is 1170. The second kappa shape index (κ2) is 8.77. The first-order chi connectivity index (χ1) is 15.2. The number of hydrogen-bond donors (Lipinski definition) is 1. The van der Waals surface area contributed by atoms with Crippen LogP contribution in [0, 0.1) is 0 Å². The van der Waals surface area contributed by atoms with Gasteiger partial charge in [-0.05, 0) is 55.6 Å². The molecule has 2 aromatic heterocycles. The molecule has 1 N–H and O–H groups in total. The van der Waals surface area contributed by atoms with Gasteiger partial charge in [-0.15, -0.1) is 10.2 Å². The van der Waals surface area contributed by atoms with E-state index in [2.05, 4.69) is 63.5 Å². The van der Waals surface area contributed by atoms with Crippen LogP contribution in [0.15, 0.2) is 67.4 Å². The van der Waals surface area contributed by atoms with Gasteiger partial charge in [-0.2, -0.15) is 0 Å². The first-order valence-electron chi connectivity index (χ1n) is 10.8. The first kappa shape index (κ1) is 20.2. The molecule has 0 saturated carbocycles.